The number of carbonyl (C=O) groups is 5. The van der Waals surface area contributed by atoms with Crippen molar-refractivity contribution in [2.24, 2.45) is 28.1 Å². The third-order valence-electron chi connectivity index (χ3n) is 8.65. The standard InChI is InChI=1S/C36H46ClN11O5/c37-25-14-7-13-24(19-25)16-17-29(49)45-36-46-31(47-48-36)34(53)44-28(21-23-11-5-2-6-12-23)33(52)42-26(15-8-18-41-35(39)40)32(51)43-27(30(38)50)20-22-9-3-1-4-10-22/h1,3-4,7,9-10,13-14,16-17,19,23,26-28H,2,5-6,8,11-12,15,18,20-21H2,(H2,38,50)(H,42,52)(H,43,51)(H,44,53)(H4,39,40,41)(H2,45,46,47,48,49)/b17-16+/t26-,27-,28-/m0/s1. The first-order chi connectivity index (χ1) is 25.5. The number of rotatable bonds is 18. The summed E-state index contributed by atoms with van der Waals surface area (Å²) in [5.74, 6) is -3.63. The van der Waals surface area contributed by atoms with Gasteiger partial charge in [-0.3, -0.25) is 39.4 Å². The van der Waals surface area contributed by atoms with Gasteiger partial charge >= 0.3 is 0 Å². The second kappa shape index (κ2) is 20.3. The van der Waals surface area contributed by atoms with Gasteiger partial charge in [-0.2, -0.15) is 4.98 Å². The molecule has 53 heavy (non-hydrogen) atoms. The van der Waals surface area contributed by atoms with Crippen molar-refractivity contribution in [1.29, 1.82) is 0 Å². The van der Waals surface area contributed by atoms with Crippen LogP contribution in [0.1, 0.15) is 73.1 Å². The third-order valence-corrected chi connectivity index (χ3v) is 8.88. The molecule has 16 nitrogen and oxygen atoms in total. The highest BCUT2D eigenvalue weighted by atomic mass is 35.5. The van der Waals surface area contributed by atoms with Crippen LogP contribution in [0, 0.1) is 5.92 Å². The minimum atomic E-state index is -1.12. The van der Waals surface area contributed by atoms with E-state index in [-0.39, 0.29) is 43.0 Å². The highest BCUT2D eigenvalue weighted by molar-refractivity contribution is 6.30. The molecule has 3 atom stereocenters. The molecule has 1 saturated carbocycles. The van der Waals surface area contributed by atoms with Crippen LogP contribution in [0.15, 0.2) is 65.7 Å². The summed E-state index contributed by atoms with van der Waals surface area (Å²) < 4.78 is 0. The minimum Gasteiger partial charge on any atom is -0.370 e. The molecular weight excluding hydrogens is 702 g/mol. The summed E-state index contributed by atoms with van der Waals surface area (Å²) in [6.45, 7) is 0.189. The van der Waals surface area contributed by atoms with Gasteiger partial charge in [-0.25, -0.2) is 0 Å². The van der Waals surface area contributed by atoms with Crippen LogP contribution in [-0.2, 0) is 25.6 Å². The average molecular weight is 748 g/mol. The number of H-pyrrole nitrogens is 1. The van der Waals surface area contributed by atoms with Crippen LogP contribution in [0.4, 0.5) is 5.95 Å². The lowest BCUT2D eigenvalue weighted by molar-refractivity contribution is -0.132. The Balaban J connectivity index is 1.46. The summed E-state index contributed by atoms with van der Waals surface area (Å²) in [6, 6.07) is 12.7. The Labute approximate surface area is 312 Å². The van der Waals surface area contributed by atoms with Gasteiger partial charge < -0.3 is 33.2 Å². The third kappa shape index (κ3) is 13.7. The zero-order chi connectivity index (χ0) is 38.2. The molecule has 11 N–H and O–H groups in total. The number of hydrogen-bond acceptors (Lipinski definition) is 8. The van der Waals surface area contributed by atoms with E-state index in [4.69, 9.17) is 28.8 Å². The molecule has 0 radical (unpaired) electrons. The van der Waals surface area contributed by atoms with E-state index in [2.05, 4.69) is 41.4 Å². The lowest BCUT2D eigenvalue weighted by atomic mass is 9.84. The zero-order valence-corrected chi connectivity index (χ0v) is 30.0. The van der Waals surface area contributed by atoms with Gasteiger partial charge in [0.2, 0.25) is 29.5 Å². The molecule has 1 heterocycles. The summed E-state index contributed by atoms with van der Waals surface area (Å²) in [7, 11) is 0. The molecule has 282 valence electrons. The molecule has 0 unspecified atom stereocenters. The molecule has 5 amide bonds. The van der Waals surface area contributed by atoms with Crippen molar-refractivity contribution in [2.75, 3.05) is 11.9 Å². The van der Waals surface area contributed by atoms with E-state index in [0.717, 1.165) is 37.7 Å². The summed E-state index contributed by atoms with van der Waals surface area (Å²) in [5, 5.41) is 17.6. The Morgan fingerprint density at radius 3 is 2.32 bits per heavy atom. The Kier molecular flexibility index (Phi) is 15.3. The first-order valence-electron chi connectivity index (χ1n) is 17.4. The zero-order valence-electron chi connectivity index (χ0n) is 29.2. The van der Waals surface area contributed by atoms with Gasteiger partial charge in [0.15, 0.2) is 5.96 Å². The molecule has 1 aliphatic carbocycles. The second-order valence-corrected chi connectivity index (χ2v) is 13.3. The fourth-order valence-corrected chi connectivity index (χ4v) is 6.16. The number of aromatic nitrogens is 3. The lowest BCUT2D eigenvalue weighted by Gasteiger charge is -2.28. The van der Waals surface area contributed by atoms with E-state index in [9.17, 15) is 24.0 Å². The first-order valence-corrected chi connectivity index (χ1v) is 17.8. The molecule has 1 fully saturated rings. The van der Waals surface area contributed by atoms with E-state index < -0.39 is 47.7 Å². The molecule has 2 aromatic carbocycles. The van der Waals surface area contributed by atoms with Crippen LogP contribution >= 0.6 is 11.6 Å². The van der Waals surface area contributed by atoms with Crippen molar-refractivity contribution >= 4 is 59.1 Å². The van der Waals surface area contributed by atoms with Gasteiger partial charge in [0, 0.05) is 24.1 Å². The molecule has 0 aliphatic heterocycles. The average Bonchev–Trinajstić information content (AvgIpc) is 3.60. The van der Waals surface area contributed by atoms with Crippen LogP contribution in [0.5, 0.6) is 0 Å². The number of nitrogens with one attached hydrogen (secondary N) is 5. The molecular formula is C36H46ClN11O5. The molecule has 4 rings (SSSR count). The highest BCUT2D eigenvalue weighted by Crippen LogP contribution is 2.27. The van der Waals surface area contributed by atoms with Gasteiger partial charge in [0.05, 0.1) is 0 Å². The quantitative estimate of drug-likeness (QED) is 0.0408. The first kappa shape index (κ1) is 40.0. The summed E-state index contributed by atoms with van der Waals surface area (Å²) in [6.07, 6.45) is 8.55. The maximum atomic E-state index is 13.9. The van der Waals surface area contributed by atoms with Crippen LogP contribution < -0.4 is 38.5 Å². The SMILES string of the molecule is NC(=O)[C@H](Cc1ccccc1)NC(=O)[C@H](CCCN=C(N)N)NC(=O)[C@H](CC1CCCCC1)NC(=O)c1nc(NC(=O)/C=C/c2cccc(Cl)c2)n[nH]1. The number of primary amides is 1. The molecule has 17 heteroatoms. The van der Waals surface area contributed by atoms with E-state index in [1.807, 2.05) is 6.07 Å². The number of halogens is 1. The number of aromatic amines is 1. The Morgan fingerprint density at radius 1 is 0.906 bits per heavy atom. The van der Waals surface area contributed by atoms with Crippen LogP contribution in [0.2, 0.25) is 5.02 Å². The van der Waals surface area contributed by atoms with E-state index >= 15 is 0 Å². The van der Waals surface area contributed by atoms with Crippen molar-refractivity contribution in [1.82, 2.24) is 31.1 Å². The van der Waals surface area contributed by atoms with E-state index in [1.165, 1.54) is 6.08 Å². The number of amides is 5. The number of nitrogens with two attached hydrogens (primary N) is 3. The Bertz CT molecular complexity index is 1770. The van der Waals surface area contributed by atoms with Crippen molar-refractivity contribution in [2.45, 2.75) is 75.9 Å². The number of aliphatic imine (C=N–C) groups is 1. The van der Waals surface area contributed by atoms with Crippen LogP contribution in [0.25, 0.3) is 6.08 Å². The monoisotopic (exact) mass is 747 g/mol. The number of anilines is 1. The van der Waals surface area contributed by atoms with Gasteiger partial charge in [-0.1, -0.05) is 86.2 Å². The van der Waals surface area contributed by atoms with Crippen LogP contribution in [0.3, 0.4) is 0 Å². The molecule has 0 spiro atoms. The van der Waals surface area contributed by atoms with E-state index in [1.54, 1.807) is 54.6 Å². The minimum absolute atomic E-state index is 0.117. The molecule has 3 aromatic rings. The van der Waals surface area contributed by atoms with E-state index in [0.29, 0.717) is 23.4 Å². The summed E-state index contributed by atoms with van der Waals surface area (Å²) in [4.78, 5) is 73.8. The Hall–Kier alpha value is -5.77. The second-order valence-electron chi connectivity index (χ2n) is 12.8. The molecule has 0 saturated heterocycles. The molecule has 0 bridgehead atoms. The molecule has 1 aromatic heterocycles. The summed E-state index contributed by atoms with van der Waals surface area (Å²) >= 11 is 5.99. The number of benzene rings is 2. The van der Waals surface area contributed by atoms with Crippen LogP contribution in [-0.4, -0.2) is 75.3 Å². The van der Waals surface area contributed by atoms with Gasteiger partial charge in [0.25, 0.3) is 11.8 Å². The number of guanidine groups is 1. The fraction of sp³-hybridized carbons (Fsp3) is 0.389. The number of nitrogens with zero attached hydrogens (tertiary/aromatic N) is 3. The normalized spacial score (nSPS) is 14.7. The largest absolute Gasteiger partial charge is 0.370 e. The van der Waals surface area contributed by atoms with Crippen molar-refractivity contribution in [3.05, 3.63) is 82.6 Å². The van der Waals surface area contributed by atoms with Crippen molar-refractivity contribution in [3.8, 4) is 0 Å². The Morgan fingerprint density at radius 2 is 1.62 bits per heavy atom. The number of carbonyl (C=O) groups excluding carboxylic acids is 5. The maximum Gasteiger partial charge on any atom is 0.289 e. The van der Waals surface area contributed by atoms with Gasteiger partial charge in [-0.05, 0) is 54.5 Å². The smallest absolute Gasteiger partial charge is 0.289 e. The van der Waals surface area contributed by atoms with Crippen molar-refractivity contribution < 1.29 is 24.0 Å². The summed E-state index contributed by atoms with van der Waals surface area (Å²) in [5.41, 5.74) is 18.0. The maximum absolute atomic E-state index is 13.9. The highest BCUT2D eigenvalue weighted by Gasteiger charge is 2.32. The lowest BCUT2D eigenvalue weighted by Crippen LogP contribution is -2.57. The number of hydrogen-bond donors (Lipinski definition) is 8. The van der Waals surface area contributed by atoms with Crippen molar-refractivity contribution in [3.63, 3.8) is 0 Å². The van der Waals surface area contributed by atoms with Gasteiger partial charge in [-0.15, -0.1) is 5.10 Å². The molecule has 1 aliphatic rings. The fourth-order valence-electron chi connectivity index (χ4n) is 5.96. The predicted octanol–water partition coefficient (Wildman–Crippen LogP) is 1.93. The van der Waals surface area contributed by atoms with Gasteiger partial charge in [0.1, 0.15) is 18.1 Å². The predicted molar refractivity (Wildman–Crippen MR) is 201 cm³/mol. The topological polar surface area (TPSA) is 265 Å².